The van der Waals surface area contributed by atoms with Gasteiger partial charge in [-0.3, -0.25) is 9.36 Å². The summed E-state index contributed by atoms with van der Waals surface area (Å²) in [6, 6.07) is 13.0. The van der Waals surface area contributed by atoms with Crippen LogP contribution in [0.5, 0.6) is 0 Å². The molecule has 13 heteroatoms. The normalized spacial score (nSPS) is 18.6. The molecule has 210 valence electrons. The molecular formula is C25H36Cl4N8O. The summed E-state index contributed by atoms with van der Waals surface area (Å²) in [5, 5.41) is 3.63. The van der Waals surface area contributed by atoms with Crippen LogP contribution in [0.3, 0.4) is 0 Å². The van der Waals surface area contributed by atoms with Gasteiger partial charge in [0.05, 0.1) is 11.4 Å². The van der Waals surface area contributed by atoms with Crippen LogP contribution >= 0.6 is 49.6 Å². The zero-order chi connectivity index (χ0) is 23.7. The minimum atomic E-state index is -0.0975. The second-order valence-electron chi connectivity index (χ2n) is 9.33. The van der Waals surface area contributed by atoms with Gasteiger partial charge in [-0.15, -0.1) is 49.6 Å². The van der Waals surface area contributed by atoms with Crippen molar-refractivity contribution in [2.24, 2.45) is 7.05 Å². The molecule has 2 saturated heterocycles. The number of likely N-dealkylation sites (N-methyl/N-ethyl adjacent to an activating group) is 1. The number of piperazine rings is 1. The van der Waals surface area contributed by atoms with E-state index in [4.69, 9.17) is 4.98 Å². The van der Waals surface area contributed by atoms with E-state index in [-0.39, 0.29) is 61.2 Å². The summed E-state index contributed by atoms with van der Waals surface area (Å²) in [5.74, 6) is 0.663. The number of hydrogen-bond acceptors (Lipinski definition) is 8. The Bertz CT molecular complexity index is 1200. The van der Waals surface area contributed by atoms with Gasteiger partial charge in [-0.1, -0.05) is 12.1 Å². The summed E-state index contributed by atoms with van der Waals surface area (Å²) in [5.41, 5.74) is 3.65. The second-order valence-corrected chi connectivity index (χ2v) is 9.33. The van der Waals surface area contributed by atoms with Crippen LogP contribution in [0, 0.1) is 0 Å². The van der Waals surface area contributed by atoms with Crippen LogP contribution in [0.2, 0.25) is 0 Å². The smallest absolute Gasteiger partial charge is 0.255 e. The summed E-state index contributed by atoms with van der Waals surface area (Å²) in [7, 11) is 6.09. The predicted octanol–water partition coefficient (Wildman–Crippen LogP) is 3.22. The monoisotopic (exact) mass is 604 g/mol. The quantitative estimate of drug-likeness (QED) is 0.475. The maximum Gasteiger partial charge on any atom is 0.255 e. The Kier molecular flexibility index (Phi) is 13.3. The minimum Gasteiger partial charge on any atom is -0.370 e. The molecule has 5 rings (SSSR count). The summed E-state index contributed by atoms with van der Waals surface area (Å²) in [4.78, 5) is 32.7. The summed E-state index contributed by atoms with van der Waals surface area (Å²) in [6.07, 6.45) is 4.34. The third-order valence-corrected chi connectivity index (χ3v) is 6.97. The van der Waals surface area contributed by atoms with Crippen LogP contribution < -0.4 is 20.7 Å². The van der Waals surface area contributed by atoms with E-state index in [1.807, 2.05) is 0 Å². The van der Waals surface area contributed by atoms with Crippen molar-refractivity contribution in [2.45, 2.75) is 18.5 Å². The fourth-order valence-electron chi connectivity index (χ4n) is 4.85. The average molecular weight is 606 g/mol. The van der Waals surface area contributed by atoms with Crippen molar-refractivity contribution >= 4 is 61.3 Å². The highest BCUT2D eigenvalue weighted by molar-refractivity contribution is 5.86. The highest BCUT2D eigenvalue weighted by Crippen LogP contribution is 2.26. The largest absolute Gasteiger partial charge is 0.370 e. The Balaban J connectivity index is 0.00000180. The molecule has 0 aliphatic carbocycles. The van der Waals surface area contributed by atoms with E-state index in [0.29, 0.717) is 23.4 Å². The van der Waals surface area contributed by atoms with Crippen molar-refractivity contribution in [3.8, 4) is 11.4 Å². The van der Waals surface area contributed by atoms with E-state index >= 15 is 0 Å². The van der Waals surface area contributed by atoms with E-state index in [1.54, 1.807) is 23.9 Å². The fourth-order valence-corrected chi connectivity index (χ4v) is 4.85. The summed E-state index contributed by atoms with van der Waals surface area (Å²) >= 11 is 0. The lowest BCUT2D eigenvalue weighted by atomic mass is 10.0. The number of hydrogen-bond donors (Lipinski definition) is 1. The molecule has 2 aliphatic rings. The molecule has 2 atom stereocenters. The Morgan fingerprint density at radius 2 is 1.68 bits per heavy atom. The van der Waals surface area contributed by atoms with Crippen molar-refractivity contribution < 1.29 is 0 Å². The van der Waals surface area contributed by atoms with Gasteiger partial charge in [0.15, 0.2) is 0 Å². The van der Waals surface area contributed by atoms with Crippen molar-refractivity contribution in [3.05, 3.63) is 64.8 Å². The van der Waals surface area contributed by atoms with E-state index in [1.165, 1.54) is 30.1 Å². The molecule has 2 fully saturated rings. The average Bonchev–Trinajstić information content (AvgIpc) is 3.37. The highest BCUT2D eigenvalue weighted by Gasteiger charge is 2.26. The summed E-state index contributed by atoms with van der Waals surface area (Å²) < 4.78 is 1.62. The first kappa shape index (κ1) is 33.9. The number of rotatable bonds is 5. The molecule has 0 bridgehead atoms. The molecule has 4 heterocycles. The SMILES string of the molecule is CN(C)[C@@H]1CCN(c2ccc([C@H]3CN(c4nc(-c5ccncn5)cc(=O)n4C)CCN3)cc2)C1.Cl.Cl.Cl.Cl. The summed E-state index contributed by atoms with van der Waals surface area (Å²) in [6.45, 7) is 4.50. The lowest BCUT2D eigenvalue weighted by Crippen LogP contribution is -2.47. The van der Waals surface area contributed by atoms with Crippen molar-refractivity contribution in [1.82, 2.24) is 29.7 Å². The van der Waals surface area contributed by atoms with Crippen LogP contribution in [0.25, 0.3) is 11.4 Å². The lowest BCUT2D eigenvalue weighted by Gasteiger charge is -2.35. The first-order valence-electron chi connectivity index (χ1n) is 11.8. The first-order chi connectivity index (χ1) is 16.5. The second kappa shape index (κ2) is 14.9. The number of anilines is 2. The van der Waals surface area contributed by atoms with Crippen LogP contribution in [-0.4, -0.2) is 77.3 Å². The number of nitrogens with one attached hydrogen (secondary N) is 1. The van der Waals surface area contributed by atoms with Gasteiger partial charge in [0.2, 0.25) is 5.95 Å². The van der Waals surface area contributed by atoms with Gasteiger partial charge in [0, 0.05) is 69.8 Å². The van der Waals surface area contributed by atoms with Crippen LogP contribution in [0.1, 0.15) is 18.0 Å². The van der Waals surface area contributed by atoms with Gasteiger partial charge < -0.3 is 20.0 Å². The van der Waals surface area contributed by atoms with Crippen LogP contribution in [0.15, 0.2) is 53.7 Å². The maximum atomic E-state index is 12.7. The van der Waals surface area contributed by atoms with Crippen LogP contribution in [-0.2, 0) is 7.05 Å². The molecular weight excluding hydrogens is 570 g/mol. The molecule has 0 saturated carbocycles. The molecule has 1 N–H and O–H groups in total. The standard InChI is InChI=1S/C25H32N8O.4ClH/c1-30(2)20-9-12-32(15-20)19-6-4-18(5-7-19)23-16-33(13-11-27-23)25-29-22(14-24(34)31(25)3)21-8-10-26-17-28-21;;;;/h4-8,10,14,17,20,23,27H,9,11-13,15-16H2,1-3H3;4*1H/t20-,23-;;;;/m1..../s1. The third kappa shape index (κ3) is 7.28. The van der Waals surface area contributed by atoms with E-state index in [9.17, 15) is 4.79 Å². The highest BCUT2D eigenvalue weighted by atomic mass is 35.5. The molecule has 1 aromatic carbocycles. The Morgan fingerprint density at radius 1 is 0.947 bits per heavy atom. The molecule has 3 aromatic rings. The van der Waals surface area contributed by atoms with E-state index < -0.39 is 0 Å². The Morgan fingerprint density at radius 3 is 2.32 bits per heavy atom. The Hall–Kier alpha value is -2.14. The zero-order valence-electron chi connectivity index (χ0n) is 21.7. The van der Waals surface area contributed by atoms with Gasteiger partial charge in [-0.2, -0.15) is 0 Å². The molecule has 0 amide bonds. The minimum absolute atomic E-state index is 0. The van der Waals surface area contributed by atoms with Gasteiger partial charge in [-0.25, -0.2) is 15.0 Å². The molecule has 0 unspecified atom stereocenters. The first-order valence-corrected chi connectivity index (χ1v) is 11.8. The number of aromatic nitrogens is 4. The van der Waals surface area contributed by atoms with E-state index in [0.717, 1.165) is 32.7 Å². The maximum absolute atomic E-state index is 12.7. The fraction of sp³-hybridized carbons (Fsp3) is 0.440. The lowest BCUT2D eigenvalue weighted by molar-refractivity contribution is 0.315. The van der Waals surface area contributed by atoms with Crippen LogP contribution in [0.4, 0.5) is 11.6 Å². The molecule has 2 aliphatic heterocycles. The number of halogens is 4. The number of benzene rings is 1. The Labute approximate surface area is 248 Å². The molecule has 0 spiro atoms. The molecule has 9 nitrogen and oxygen atoms in total. The third-order valence-electron chi connectivity index (χ3n) is 6.97. The topological polar surface area (TPSA) is 82.4 Å². The zero-order valence-corrected chi connectivity index (χ0v) is 25.0. The van der Waals surface area contributed by atoms with E-state index in [2.05, 4.69) is 68.3 Å². The molecule has 38 heavy (non-hydrogen) atoms. The van der Waals surface area contributed by atoms with Crippen molar-refractivity contribution in [3.63, 3.8) is 0 Å². The van der Waals surface area contributed by atoms with Gasteiger partial charge >= 0.3 is 0 Å². The van der Waals surface area contributed by atoms with Crippen molar-refractivity contribution in [2.75, 3.05) is 56.6 Å². The van der Waals surface area contributed by atoms with Crippen molar-refractivity contribution in [1.29, 1.82) is 0 Å². The molecule has 2 aromatic heterocycles. The van der Waals surface area contributed by atoms with Gasteiger partial charge in [0.25, 0.3) is 5.56 Å². The number of nitrogens with zero attached hydrogens (tertiary/aromatic N) is 7. The molecule has 0 radical (unpaired) electrons. The predicted molar refractivity (Wildman–Crippen MR) is 163 cm³/mol. The van der Waals surface area contributed by atoms with Gasteiger partial charge in [0.1, 0.15) is 6.33 Å². The van der Waals surface area contributed by atoms with Gasteiger partial charge in [-0.05, 0) is 44.3 Å².